The average molecular weight is 245 g/mol. The van der Waals surface area contributed by atoms with Crippen molar-refractivity contribution in [3.8, 4) is 0 Å². The molecule has 0 saturated carbocycles. The SMILES string of the molecule is CC(=O)CCN(C)Cc1ccc2nc(C)[nH]c2c1. The normalized spacial score (nSPS) is 11.3. The van der Waals surface area contributed by atoms with E-state index in [0.29, 0.717) is 6.42 Å². The number of carbonyl (C=O) groups is 1. The number of hydrogen-bond acceptors (Lipinski definition) is 3. The van der Waals surface area contributed by atoms with Crippen LogP contribution in [0.4, 0.5) is 0 Å². The first-order valence-electron chi connectivity index (χ1n) is 6.18. The number of H-pyrrole nitrogens is 1. The van der Waals surface area contributed by atoms with Gasteiger partial charge >= 0.3 is 0 Å². The van der Waals surface area contributed by atoms with Crippen LogP contribution >= 0.6 is 0 Å². The van der Waals surface area contributed by atoms with Crippen LogP contribution in [0, 0.1) is 6.92 Å². The molecule has 18 heavy (non-hydrogen) atoms. The molecule has 0 spiro atoms. The van der Waals surface area contributed by atoms with Crippen molar-refractivity contribution in [1.29, 1.82) is 0 Å². The quantitative estimate of drug-likeness (QED) is 0.879. The fourth-order valence-electron chi connectivity index (χ4n) is 2.02. The number of imidazole rings is 1. The Hall–Kier alpha value is -1.68. The summed E-state index contributed by atoms with van der Waals surface area (Å²) in [5.74, 6) is 1.17. The Labute approximate surface area is 107 Å². The van der Waals surface area contributed by atoms with Crippen LogP contribution in [0.2, 0.25) is 0 Å². The number of nitrogens with zero attached hydrogens (tertiary/aromatic N) is 2. The van der Waals surface area contributed by atoms with E-state index in [1.165, 1.54) is 5.56 Å². The van der Waals surface area contributed by atoms with Crippen molar-refractivity contribution in [2.24, 2.45) is 0 Å². The maximum atomic E-state index is 10.9. The third-order valence-electron chi connectivity index (χ3n) is 2.96. The highest BCUT2D eigenvalue weighted by atomic mass is 16.1. The highest BCUT2D eigenvalue weighted by Gasteiger charge is 2.04. The number of hydrogen-bond donors (Lipinski definition) is 1. The van der Waals surface area contributed by atoms with Crippen molar-refractivity contribution in [1.82, 2.24) is 14.9 Å². The van der Waals surface area contributed by atoms with E-state index >= 15 is 0 Å². The second kappa shape index (κ2) is 5.31. The number of aryl methyl sites for hydroxylation is 1. The fraction of sp³-hybridized carbons (Fsp3) is 0.429. The second-order valence-corrected chi connectivity index (χ2v) is 4.86. The van der Waals surface area contributed by atoms with Crippen LogP contribution in [-0.4, -0.2) is 34.2 Å². The minimum Gasteiger partial charge on any atom is -0.342 e. The van der Waals surface area contributed by atoms with E-state index in [-0.39, 0.29) is 5.78 Å². The third kappa shape index (κ3) is 3.17. The monoisotopic (exact) mass is 245 g/mol. The summed E-state index contributed by atoms with van der Waals surface area (Å²) in [7, 11) is 2.03. The first-order valence-corrected chi connectivity index (χ1v) is 6.18. The zero-order valence-electron chi connectivity index (χ0n) is 11.2. The van der Waals surface area contributed by atoms with Crippen molar-refractivity contribution < 1.29 is 4.79 Å². The molecule has 0 bridgehead atoms. The van der Waals surface area contributed by atoms with Gasteiger partial charge in [-0.3, -0.25) is 4.79 Å². The average Bonchev–Trinajstić information content (AvgIpc) is 2.66. The lowest BCUT2D eigenvalue weighted by molar-refractivity contribution is -0.117. The molecule has 96 valence electrons. The number of fused-ring (bicyclic) bond motifs is 1. The Morgan fingerprint density at radius 1 is 1.44 bits per heavy atom. The number of nitrogens with one attached hydrogen (secondary N) is 1. The molecule has 0 unspecified atom stereocenters. The molecule has 2 rings (SSSR count). The highest BCUT2D eigenvalue weighted by molar-refractivity contribution is 5.76. The summed E-state index contributed by atoms with van der Waals surface area (Å²) in [6.07, 6.45) is 0.613. The van der Waals surface area contributed by atoms with Gasteiger partial charge in [0.05, 0.1) is 11.0 Å². The lowest BCUT2D eigenvalue weighted by Crippen LogP contribution is -2.20. The third-order valence-corrected chi connectivity index (χ3v) is 2.96. The van der Waals surface area contributed by atoms with Crippen molar-refractivity contribution in [2.45, 2.75) is 26.8 Å². The molecule has 0 radical (unpaired) electrons. The van der Waals surface area contributed by atoms with Crippen molar-refractivity contribution in [3.05, 3.63) is 29.6 Å². The molecule has 0 atom stereocenters. The van der Waals surface area contributed by atoms with Crippen LogP contribution < -0.4 is 0 Å². The zero-order chi connectivity index (χ0) is 13.1. The standard InChI is InChI=1S/C14H19N3O/c1-10(18)6-7-17(3)9-12-4-5-13-14(8-12)16-11(2)15-13/h4-5,8H,6-7,9H2,1-3H3,(H,15,16). The summed E-state index contributed by atoms with van der Waals surface area (Å²) < 4.78 is 0. The Kier molecular flexibility index (Phi) is 3.77. The van der Waals surface area contributed by atoms with Gasteiger partial charge in [-0.1, -0.05) is 6.07 Å². The highest BCUT2D eigenvalue weighted by Crippen LogP contribution is 2.14. The zero-order valence-corrected chi connectivity index (χ0v) is 11.2. The fourth-order valence-corrected chi connectivity index (χ4v) is 2.02. The molecule has 1 aromatic heterocycles. The molecule has 0 aliphatic heterocycles. The first-order chi connectivity index (χ1) is 8.54. The Morgan fingerprint density at radius 3 is 2.94 bits per heavy atom. The lowest BCUT2D eigenvalue weighted by Gasteiger charge is -2.15. The summed E-state index contributed by atoms with van der Waals surface area (Å²) in [5, 5.41) is 0. The molecule has 1 heterocycles. The van der Waals surface area contributed by atoms with Gasteiger partial charge in [-0.2, -0.15) is 0 Å². The summed E-state index contributed by atoms with van der Waals surface area (Å²) in [6, 6.07) is 6.25. The summed E-state index contributed by atoms with van der Waals surface area (Å²) in [5.41, 5.74) is 3.31. The smallest absolute Gasteiger partial charge is 0.131 e. The molecule has 2 aromatic rings. The topological polar surface area (TPSA) is 49.0 Å². The number of benzene rings is 1. The molecular formula is C14H19N3O. The van der Waals surface area contributed by atoms with E-state index < -0.39 is 0 Å². The molecule has 0 aliphatic carbocycles. The van der Waals surface area contributed by atoms with Crippen LogP contribution in [0.25, 0.3) is 11.0 Å². The molecule has 1 N–H and O–H groups in total. The van der Waals surface area contributed by atoms with Crippen LogP contribution in [-0.2, 0) is 11.3 Å². The molecular weight excluding hydrogens is 226 g/mol. The van der Waals surface area contributed by atoms with Crippen LogP contribution in [0.1, 0.15) is 24.7 Å². The number of rotatable bonds is 5. The van der Waals surface area contributed by atoms with E-state index in [2.05, 4.69) is 27.0 Å². The van der Waals surface area contributed by atoms with E-state index in [4.69, 9.17) is 0 Å². The van der Waals surface area contributed by atoms with Gasteiger partial charge in [0.25, 0.3) is 0 Å². The molecule has 4 heteroatoms. The van der Waals surface area contributed by atoms with Gasteiger partial charge in [0, 0.05) is 19.5 Å². The first kappa shape index (κ1) is 12.8. The molecule has 0 amide bonds. The van der Waals surface area contributed by atoms with Crippen LogP contribution in [0.5, 0.6) is 0 Å². The number of aromatic amines is 1. The van der Waals surface area contributed by atoms with E-state index in [1.807, 2.05) is 20.0 Å². The predicted molar refractivity (Wildman–Crippen MR) is 72.5 cm³/mol. The second-order valence-electron chi connectivity index (χ2n) is 4.86. The maximum absolute atomic E-state index is 10.9. The number of ketones is 1. The van der Waals surface area contributed by atoms with Gasteiger partial charge in [0.1, 0.15) is 11.6 Å². The number of aromatic nitrogens is 2. The van der Waals surface area contributed by atoms with Crippen LogP contribution in [0.15, 0.2) is 18.2 Å². The minimum atomic E-state index is 0.237. The minimum absolute atomic E-state index is 0.237. The van der Waals surface area contributed by atoms with E-state index in [1.54, 1.807) is 6.92 Å². The van der Waals surface area contributed by atoms with Crippen molar-refractivity contribution in [3.63, 3.8) is 0 Å². The lowest BCUT2D eigenvalue weighted by atomic mass is 10.2. The summed E-state index contributed by atoms with van der Waals surface area (Å²) >= 11 is 0. The van der Waals surface area contributed by atoms with Gasteiger partial charge in [-0.25, -0.2) is 4.98 Å². The van der Waals surface area contributed by atoms with E-state index in [9.17, 15) is 4.79 Å². The van der Waals surface area contributed by atoms with Gasteiger partial charge in [0.2, 0.25) is 0 Å². The van der Waals surface area contributed by atoms with Gasteiger partial charge in [-0.05, 0) is 38.6 Å². The maximum Gasteiger partial charge on any atom is 0.131 e. The van der Waals surface area contributed by atoms with Crippen molar-refractivity contribution >= 4 is 16.8 Å². The molecule has 4 nitrogen and oxygen atoms in total. The Bertz CT molecular complexity index is 559. The Balaban J connectivity index is 2.04. The molecule has 1 aromatic carbocycles. The van der Waals surface area contributed by atoms with Gasteiger partial charge < -0.3 is 9.88 Å². The summed E-state index contributed by atoms with van der Waals surface area (Å²) in [6.45, 7) is 5.24. The predicted octanol–water partition coefficient (Wildman–Crippen LogP) is 2.28. The summed E-state index contributed by atoms with van der Waals surface area (Å²) in [4.78, 5) is 20.7. The largest absolute Gasteiger partial charge is 0.342 e. The molecule has 0 saturated heterocycles. The van der Waals surface area contributed by atoms with Crippen LogP contribution in [0.3, 0.4) is 0 Å². The molecule has 0 fully saturated rings. The molecule has 0 aliphatic rings. The van der Waals surface area contributed by atoms with Crippen molar-refractivity contribution in [2.75, 3.05) is 13.6 Å². The number of Topliss-reactive ketones (excluding diaryl/α,β-unsaturated/α-hetero) is 1. The van der Waals surface area contributed by atoms with Gasteiger partial charge in [0.15, 0.2) is 0 Å². The Morgan fingerprint density at radius 2 is 2.22 bits per heavy atom. The van der Waals surface area contributed by atoms with Gasteiger partial charge in [-0.15, -0.1) is 0 Å². The number of carbonyl (C=O) groups excluding carboxylic acids is 1. The van der Waals surface area contributed by atoms with E-state index in [0.717, 1.165) is 29.9 Å².